The van der Waals surface area contributed by atoms with Crippen LogP contribution in [0.1, 0.15) is 29.9 Å². The van der Waals surface area contributed by atoms with Crippen LogP contribution in [-0.4, -0.2) is 24.0 Å². The van der Waals surface area contributed by atoms with E-state index in [4.69, 9.17) is 0 Å². The van der Waals surface area contributed by atoms with Crippen molar-refractivity contribution in [3.8, 4) is 0 Å². The Morgan fingerprint density at radius 1 is 1.44 bits per heavy atom. The van der Waals surface area contributed by atoms with Crippen molar-refractivity contribution in [2.45, 2.75) is 25.2 Å². The van der Waals surface area contributed by atoms with Gasteiger partial charge >= 0.3 is 5.97 Å². The van der Waals surface area contributed by atoms with Crippen molar-refractivity contribution in [3.63, 3.8) is 0 Å². The number of likely N-dealkylation sites (N-methyl/N-ethyl adjacent to an activating group) is 1. The van der Waals surface area contributed by atoms with Gasteiger partial charge in [-0.05, 0) is 36.0 Å². The number of carboxylic acids is 1. The van der Waals surface area contributed by atoms with Crippen LogP contribution in [0.3, 0.4) is 0 Å². The normalized spacial score (nSPS) is 19.8. The third-order valence-electron chi connectivity index (χ3n) is 3.90. The number of nitrogens with zero attached hydrogens (tertiary/aromatic N) is 1. The Morgan fingerprint density at radius 3 is 2.78 bits per heavy atom. The van der Waals surface area contributed by atoms with E-state index in [1.165, 1.54) is 0 Å². The lowest BCUT2D eigenvalue weighted by Crippen LogP contribution is -2.20. The number of rotatable bonds is 3. The van der Waals surface area contributed by atoms with E-state index in [0.29, 0.717) is 6.42 Å². The molecule has 1 amide bonds. The first kappa shape index (κ1) is 11.3. The van der Waals surface area contributed by atoms with Crippen molar-refractivity contribution >= 4 is 17.6 Å². The quantitative estimate of drug-likeness (QED) is 0.883. The maximum Gasteiger partial charge on any atom is 0.311 e. The number of fused-ring (bicyclic) bond motifs is 1. The van der Waals surface area contributed by atoms with Gasteiger partial charge in [0.15, 0.2) is 0 Å². The topological polar surface area (TPSA) is 57.6 Å². The molecule has 4 heteroatoms. The summed E-state index contributed by atoms with van der Waals surface area (Å²) in [6.07, 6.45) is 2.37. The fourth-order valence-electron chi connectivity index (χ4n) is 2.73. The van der Waals surface area contributed by atoms with Crippen molar-refractivity contribution < 1.29 is 14.7 Å². The van der Waals surface area contributed by atoms with Crippen molar-refractivity contribution in [2.24, 2.45) is 5.92 Å². The van der Waals surface area contributed by atoms with E-state index in [1.807, 2.05) is 18.2 Å². The molecule has 1 aromatic rings. The van der Waals surface area contributed by atoms with Crippen molar-refractivity contribution in [3.05, 3.63) is 29.3 Å². The molecule has 1 heterocycles. The van der Waals surface area contributed by atoms with Crippen LogP contribution >= 0.6 is 0 Å². The highest BCUT2D eigenvalue weighted by molar-refractivity contribution is 6.01. The monoisotopic (exact) mass is 245 g/mol. The van der Waals surface area contributed by atoms with Crippen LogP contribution in [0.5, 0.6) is 0 Å². The molecule has 1 aromatic carbocycles. The highest BCUT2D eigenvalue weighted by Gasteiger charge is 2.38. The average Bonchev–Trinajstić information content (AvgIpc) is 3.08. The summed E-state index contributed by atoms with van der Waals surface area (Å²) < 4.78 is 0. The fraction of sp³-hybridized carbons (Fsp3) is 0.429. The van der Waals surface area contributed by atoms with Crippen molar-refractivity contribution in [2.75, 3.05) is 11.9 Å². The lowest BCUT2D eigenvalue weighted by Gasteiger charge is -2.14. The second-order valence-corrected chi connectivity index (χ2v) is 5.17. The number of carboxylic acid groups (broad SMARTS) is 1. The summed E-state index contributed by atoms with van der Waals surface area (Å²) in [5, 5.41) is 9.31. The van der Waals surface area contributed by atoms with Gasteiger partial charge in [-0.25, -0.2) is 0 Å². The first-order valence-corrected chi connectivity index (χ1v) is 6.20. The van der Waals surface area contributed by atoms with Gasteiger partial charge in [-0.2, -0.15) is 0 Å². The average molecular weight is 245 g/mol. The Balaban J connectivity index is 1.98. The molecule has 2 aliphatic rings. The molecule has 94 valence electrons. The van der Waals surface area contributed by atoms with Crippen LogP contribution in [-0.2, 0) is 16.0 Å². The van der Waals surface area contributed by atoms with Crippen LogP contribution in [0.25, 0.3) is 0 Å². The van der Waals surface area contributed by atoms with Gasteiger partial charge in [0, 0.05) is 12.7 Å². The number of hydrogen-bond acceptors (Lipinski definition) is 2. The molecule has 0 saturated heterocycles. The third-order valence-corrected chi connectivity index (χ3v) is 3.90. The second-order valence-electron chi connectivity index (χ2n) is 5.17. The number of carbonyl (C=O) groups is 2. The minimum Gasteiger partial charge on any atom is -0.481 e. The van der Waals surface area contributed by atoms with Gasteiger partial charge in [0.1, 0.15) is 0 Å². The van der Waals surface area contributed by atoms with E-state index in [0.717, 1.165) is 29.7 Å². The van der Waals surface area contributed by atoms with Gasteiger partial charge in [0.2, 0.25) is 5.91 Å². The molecule has 3 rings (SSSR count). The minimum atomic E-state index is -0.755. The summed E-state index contributed by atoms with van der Waals surface area (Å²) in [5.41, 5.74) is 2.70. The Labute approximate surface area is 105 Å². The predicted molar refractivity (Wildman–Crippen MR) is 66.7 cm³/mol. The van der Waals surface area contributed by atoms with Crippen molar-refractivity contribution in [1.29, 1.82) is 0 Å². The van der Waals surface area contributed by atoms with Gasteiger partial charge in [0.25, 0.3) is 0 Å². The molecular weight excluding hydrogens is 230 g/mol. The molecule has 4 nitrogen and oxygen atoms in total. The predicted octanol–water partition coefficient (Wildman–Crippen LogP) is 1.78. The zero-order chi connectivity index (χ0) is 12.9. The molecule has 1 saturated carbocycles. The molecule has 0 aromatic heterocycles. The standard InChI is InChI=1S/C14H15NO3/c1-15-11-5-4-9(6-10(11)7-12(15)16)13(14(17)18)8-2-3-8/h4-6,8,13H,2-3,7H2,1H3,(H,17,18). The lowest BCUT2D eigenvalue weighted by molar-refractivity contribution is -0.139. The molecule has 1 unspecified atom stereocenters. The summed E-state index contributed by atoms with van der Waals surface area (Å²) in [5.74, 6) is -0.817. The Morgan fingerprint density at radius 2 is 2.17 bits per heavy atom. The molecular formula is C14H15NO3. The molecule has 0 radical (unpaired) electrons. The maximum absolute atomic E-state index is 11.6. The number of anilines is 1. The van der Waals surface area contributed by atoms with Crippen LogP contribution < -0.4 is 4.90 Å². The van der Waals surface area contributed by atoms with Gasteiger partial charge < -0.3 is 10.0 Å². The van der Waals surface area contributed by atoms with E-state index >= 15 is 0 Å². The number of aliphatic carboxylic acids is 1. The van der Waals surface area contributed by atoms with Crippen LogP contribution in [0.15, 0.2) is 18.2 Å². The number of carbonyl (C=O) groups excluding carboxylic acids is 1. The smallest absolute Gasteiger partial charge is 0.311 e. The van der Waals surface area contributed by atoms with Crippen molar-refractivity contribution in [1.82, 2.24) is 0 Å². The molecule has 1 fully saturated rings. The first-order valence-electron chi connectivity index (χ1n) is 6.20. The number of hydrogen-bond donors (Lipinski definition) is 1. The second kappa shape index (κ2) is 3.83. The Kier molecular flexibility index (Phi) is 2.40. The summed E-state index contributed by atoms with van der Waals surface area (Å²) in [6.45, 7) is 0. The Bertz CT molecular complexity index is 534. The molecule has 1 atom stereocenters. The van der Waals surface area contributed by atoms with Gasteiger partial charge in [-0.15, -0.1) is 0 Å². The fourth-order valence-corrected chi connectivity index (χ4v) is 2.73. The van der Waals surface area contributed by atoms with E-state index in [9.17, 15) is 14.7 Å². The maximum atomic E-state index is 11.6. The zero-order valence-corrected chi connectivity index (χ0v) is 10.2. The SMILES string of the molecule is CN1C(=O)Cc2cc(C(C(=O)O)C3CC3)ccc21. The minimum absolute atomic E-state index is 0.0699. The summed E-state index contributed by atoms with van der Waals surface area (Å²) >= 11 is 0. The Hall–Kier alpha value is -1.84. The molecule has 0 bridgehead atoms. The van der Waals surface area contributed by atoms with E-state index in [2.05, 4.69) is 0 Å². The summed E-state index contributed by atoms with van der Waals surface area (Å²) in [4.78, 5) is 24.6. The summed E-state index contributed by atoms with van der Waals surface area (Å²) in [6, 6.07) is 5.62. The molecule has 1 N–H and O–H groups in total. The zero-order valence-electron chi connectivity index (χ0n) is 10.2. The third kappa shape index (κ3) is 1.68. The van der Waals surface area contributed by atoms with Crippen LogP contribution in [0.2, 0.25) is 0 Å². The number of benzene rings is 1. The van der Waals surface area contributed by atoms with Gasteiger partial charge in [0.05, 0.1) is 12.3 Å². The lowest BCUT2D eigenvalue weighted by atomic mass is 9.92. The van der Waals surface area contributed by atoms with E-state index < -0.39 is 11.9 Å². The molecule has 1 aliphatic heterocycles. The van der Waals surface area contributed by atoms with E-state index in [-0.39, 0.29) is 11.8 Å². The first-order chi connectivity index (χ1) is 8.58. The molecule has 1 aliphatic carbocycles. The largest absolute Gasteiger partial charge is 0.481 e. The molecule has 18 heavy (non-hydrogen) atoms. The molecule has 0 spiro atoms. The van der Waals surface area contributed by atoms with Crippen LogP contribution in [0, 0.1) is 5.92 Å². The van der Waals surface area contributed by atoms with Gasteiger partial charge in [-0.1, -0.05) is 12.1 Å². The highest BCUT2D eigenvalue weighted by atomic mass is 16.4. The highest BCUT2D eigenvalue weighted by Crippen LogP contribution is 2.44. The summed E-state index contributed by atoms with van der Waals surface area (Å²) in [7, 11) is 1.75. The van der Waals surface area contributed by atoms with Crippen LogP contribution in [0.4, 0.5) is 5.69 Å². The number of amides is 1. The van der Waals surface area contributed by atoms with E-state index in [1.54, 1.807) is 11.9 Å². The van der Waals surface area contributed by atoms with Gasteiger partial charge in [-0.3, -0.25) is 9.59 Å².